The van der Waals surface area contributed by atoms with Crippen molar-refractivity contribution in [1.29, 1.82) is 0 Å². The Morgan fingerprint density at radius 1 is 1.35 bits per heavy atom. The van der Waals surface area contributed by atoms with E-state index in [1.54, 1.807) is 0 Å². The molecule has 0 aliphatic carbocycles. The van der Waals surface area contributed by atoms with Crippen molar-refractivity contribution in [2.45, 2.75) is 32.1 Å². The molecule has 0 bridgehead atoms. The van der Waals surface area contributed by atoms with Crippen LogP contribution in [-0.4, -0.2) is 9.55 Å². The fourth-order valence-corrected chi connectivity index (χ4v) is 2.62. The van der Waals surface area contributed by atoms with Crippen LogP contribution in [-0.2, 0) is 11.8 Å². The highest BCUT2D eigenvalue weighted by atomic mass is 15.1. The SMILES string of the molecule is CC1(C)CCc2nccn2-c2cc(N)ccc21. The van der Waals surface area contributed by atoms with Crippen LogP contribution in [0.4, 0.5) is 5.69 Å². The predicted molar refractivity (Wildman–Crippen MR) is 69.3 cm³/mol. The lowest BCUT2D eigenvalue weighted by Gasteiger charge is -2.25. The van der Waals surface area contributed by atoms with Gasteiger partial charge in [0.15, 0.2) is 0 Å². The Morgan fingerprint density at radius 3 is 3.00 bits per heavy atom. The zero-order valence-corrected chi connectivity index (χ0v) is 10.3. The number of hydrogen-bond acceptors (Lipinski definition) is 2. The van der Waals surface area contributed by atoms with Gasteiger partial charge in [0.1, 0.15) is 5.82 Å². The molecule has 1 aliphatic heterocycles. The van der Waals surface area contributed by atoms with E-state index in [1.807, 2.05) is 24.5 Å². The molecule has 3 nitrogen and oxygen atoms in total. The second-order valence-electron chi connectivity index (χ2n) is 5.37. The number of hydrogen-bond donors (Lipinski definition) is 1. The van der Waals surface area contributed by atoms with Crippen LogP contribution in [0, 0.1) is 0 Å². The summed E-state index contributed by atoms with van der Waals surface area (Å²) in [6.45, 7) is 4.57. The van der Waals surface area contributed by atoms with Gasteiger partial charge in [-0.05, 0) is 29.5 Å². The number of nitrogens with two attached hydrogens (primary N) is 1. The van der Waals surface area contributed by atoms with E-state index < -0.39 is 0 Å². The molecule has 0 atom stereocenters. The van der Waals surface area contributed by atoms with Crippen LogP contribution in [0.5, 0.6) is 0 Å². The molecular formula is C14H17N3. The minimum atomic E-state index is 0.170. The maximum absolute atomic E-state index is 5.91. The fourth-order valence-electron chi connectivity index (χ4n) is 2.62. The number of nitrogens with zero attached hydrogens (tertiary/aromatic N) is 2. The van der Waals surface area contributed by atoms with Gasteiger partial charge >= 0.3 is 0 Å². The summed E-state index contributed by atoms with van der Waals surface area (Å²) in [5, 5.41) is 0. The van der Waals surface area contributed by atoms with Gasteiger partial charge in [0.25, 0.3) is 0 Å². The first-order valence-corrected chi connectivity index (χ1v) is 6.00. The zero-order valence-electron chi connectivity index (χ0n) is 10.3. The van der Waals surface area contributed by atoms with Gasteiger partial charge in [0, 0.05) is 24.5 Å². The monoisotopic (exact) mass is 227 g/mol. The number of benzene rings is 1. The quantitative estimate of drug-likeness (QED) is 0.703. The molecule has 3 heteroatoms. The Kier molecular flexibility index (Phi) is 2.05. The number of anilines is 1. The van der Waals surface area contributed by atoms with E-state index in [9.17, 15) is 0 Å². The molecule has 88 valence electrons. The molecule has 0 radical (unpaired) electrons. The molecule has 17 heavy (non-hydrogen) atoms. The number of aromatic nitrogens is 2. The molecule has 0 amide bonds. The Labute approximate surface area is 101 Å². The zero-order chi connectivity index (χ0) is 12.0. The van der Waals surface area contributed by atoms with E-state index in [0.717, 1.165) is 24.4 Å². The van der Waals surface area contributed by atoms with Crippen LogP contribution in [0.1, 0.15) is 31.7 Å². The molecular weight excluding hydrogens is 210 g/mol. The first kappa shape index (κ1) is 10.4. The second-order valence-corrected chi connectivity index (χ2v) is 5.37. The molecule has 3 rings (SSSR count). The van der Waals surface area contributed by atoms with Crippen LogP contribution in [0.25, 0.3) is 5.69 Å². The molecule has 0 saturated carbocycles. The largest absolute Gasteiger partial charge is 0.399 e. The molecule has 1 aromatic heterocycles. The third kappa shape index (κ3) is 1.54. The number of aryl methyl sites for hydroxylation is 1. The third-order valence-corrected chi connectivity index (χ3v) is 3.70. The number of rotatable bonds is 0. The Morgan fingerprint density at radius 2 is 2.18 bits per heavy atom. The van der Waals surface area contributed by atoms with Crippen molar-refractivity contribution in [3.63, 3.8) is 0 Å². The second kappa shape index (κ2) is 3.36. The Bertz CT molecular complexity index is 567. The van der Waals surface area contributed by atoms with Crippen molar-refractivity contribution in [3.8, 4) is 5.69 Å². The minimum absolute atomic E-state index is 0.170. The Balaban J connectivity index is 2.32. The molecule has 2 N–H and O–H groups in total. The van der Waals surface area contributed by atoms with E-state index in [0.29, 0.717) is 0 Å². The van der Waals surface area contributed by atoms with Gasteiger partial charge in [-0.2, -0.15) is 0 Å². The van der Waals surface area contributed by atoms with Crippen LogP contribution >= 0.6 is 0 Å². The molecule has 1 aliphatic rings. The summed E-state index contributed by atoms with van der Waals surface area (Å²) in [6, 6.07) is 6.19. The van der Waals surface area contributed by atoms with Crippen molar-refractivity contribution in [1.82, 2.24) is 9.55 Å². The predicted octanol–water partition coefficient (Wildman–Crippen LogP) is 2.68. The van der Waals surface area contributed by atoms with Gasteiger partial charge in [-0.3, -0.25) is 0 Å². The first-order chi connectivity index (χ1) is 8.08. The van der Waals surface area contributed by atoms with Crippen molar-refractivity contribution < 1.29 is 0 Å². The summed E-state index contributed by atoms with van der Waals surface area (Å²) in [4.78, 5) is 4.43. The normalized spacial score (nSPS) is 17.1. The average Bonchev–Trinajstić information content (AvgIpc) is 2.70. The van der Waals surface area contributed by atoms with Crippen molar-refractivity contribution >= 4 is 5.69 Å². The number of nitrogen functional groups attached to an aromatic ring is 1. The van der Waals surface area contributed by atoms with Gasteiger partial charge in [-0.1, -0.05) is 19.9 Å². The first-order valence-electron chi connectivity index (χ1n) is 6.00. The molecule has 2 aromatic rings. The maximum Gasteiger partial charge on any atom is 0.113 e. The minimum Gasteiger partial charge on any atom is -0.399 e. The van der Waals surface area contributed by atoms with Crippen LogP contribution < -0.4 is 5.73 Å². The van der Waals surface area contributed by atoms with E-state index in [2.05, 4.69) is 29.5 Å². The highest BCUT2D eigenvalue weighted by molar-refractivity contribution is 5.56. The molecule has 1 aromatic carbocycles. The summed E-state index contributed by atoms with van der Waals surface area (Å²) >= 11 is 0. The van der Waals surface area contributed by atoms with Gasteiger partial charge in [0.2, 0.25) is 0 Å². The lowest BCUT2D eigenvalue weighted by Crippen LogP contribution is -2.18. The fraction of sp³-hybridized carbons (Fsp3) is 0.357. The standard InChI is InChI=1S/C14H17N3/c1-14(2)6-5-13-16-7-8-17(13)12-9-10(15)3-4-11(12)14/h3-4,7-9H,5-6,15H2,1-2H3. The molecule has 0 fully saturated rings. The van der Waals surface area contributed by atoms with Gasteiger partial charge in [0.05, 0.1) is 5.69 Å². The van der Waals surface area contributed by atoms with Gasteiger partial charge in [-0.25, -0.2) is 4.98 Å². The Hall–Kier alpha value is -1.77. The van der Waals surface area contributed by atoms with Crippen LogP contribution in [0.3, 0.4) is 0 Å². The molecule has 0 unspecified atom stereocenters. The van der Waals surface area contributed by atoms with E-state index in [4.69, 9.17) is 5.73 Å². The average molecular weight is 227 g/mol. The number of imidazole rings is 1. The highest BCUT2D eigenvalue weighted by Gasteiger charge is 2.28. The summed E-state index contributed by atoms with van der Waals surface area (Å²) < 4.78 is 2.17. The van der Waals surface area contributed by atoms with E-state index in [-0.39, 0.29) is 5.41 Å². The maximum atomic E-state index is 5.91. The smallest absolute Gasteiger partial charge is 0.113 e. The lowest BCUT2D eigenvalue weighted by atomic mass is 9.80. The van der Waals surface area contributed by atoms with Crippen LogP contribution in [0.2, 0.25) is 0 Å². The molecule has 0 saturated heterocycles. The summed E-state index contributed by atoms with van der Waals surface area (Å²) in [7, 11) is 0. The third-order valence-electron chi connectivity index (χ3n) is 3.70. The summed E-state index contributed by atoms with van der Waals surface area (Å²) in [5.74, 6) is 1.13. The highest BCUT2D eigenvalue weighted by Crippen LogP contribution is 2.37. The van der Waals surface area contributed by atoms with E-state index in [1.165, 1.54) is 11.3 Å². The topological polar surface area (TPSA) is 43.8 Å². The van der Waals surface area contributed by atoms with Gasteiger partial charge in [-0.15, -0.1) is 0 Å². The van der Waals surface area contributed by atoms with Crippen molar-refractivity contribution in [3.05, 3.63) is 42.0 Å². The van der Waals surface area contributed by atoms with Crippen molar-refractivity contribution in [2.24, 2.45) is 0 Å². The summed E-state index contributed by atoms with van der Waals surface area (Å²) in [5.41, 5.74) is 9.42. The molecule has 2 heterocycles. The van der Waals surface area contributed by atoms with E-state index >= 15 is 0 Å². The molecule has 0 spiro atoms. The summed E-state index contributed by atoms with van der Waals surface area (Å²) in [6.07, 6.45) is 6.01. The van der Waals surface area contributed by atoms with Gasteiger partial charge < -0.3 is 10.3 Å². The number of fused-ring (bicyclic) bond motifs is 3. The van der Waals surface area contributed by atoms with Crippen LogP contribution in [0.15, 0.2) is 30.6 Å². The lowest BCUT2D eigenvalue weighted by molar-refractivity contribution is 0.483. The van der Waals surface area contributed by atoms with Crippen molar-refractivity contribution in [2.75, 3.05) is 5.73 Å².